The topological polar surface area (TPSA) is 0 Å². The molecule has 4 aliphatic carbocycles. The van der Waals surface area contributed by atoms with Gasteiger partial charge in [-0.1, -0.05) is 0 Å². The van der Waals surface area contributed by atoms with Gasteiger partial charge in [0.1, 0.15) is 0 Å². The minimum atomic E-state index is 1.20. The Bertz CT molecular complexity index is 176. The van der Waals surface area contributed by atoms with Crippen LogP contribution in [0.25, 0.3) is 0 Å². The maximum atomic E-state index is 1.64. The largest absolute Gasteiger partial charge is 0.0499 e. The van der Waals surface area contributed by atoms with Crippen LogP contribution in [0.5, 0.6) is 0 Å². The summed E-state index contributed by atoms with van der Waals surface area (Å²) in [6, 6.07) is 0. The summed E-state index contributed by atoms with van der Waals surface area (Å²) in [5.41, 5.74) is 0. The first-order valence-corrected chi connectivity index (χ1v) is 5.93. The second-order valence-electron chi connectivity index (χ2n) is 5.82. The van der Waals surface area contributed by atoms with Gasteiger partial charge in [-0.15, -0.1) is 0 Å². The van der Waals surface area contributed by atoms with E-state index in [1.807, 2.05) is 0 Å². The third-order valence-corrected chi connectivity index (χ3v) is 5.65. The number of hydrogen-bond donors (Lipinski definition) is 0. The molecule has 0 radical (unpaired) electrons. The highest BCUT2D eigenvalue weighted by molar-refractivity contribution is 5.08. The molecule has 4 bridgehead atoms. The molecule has 4 atom stereocenters. The van der Waals surface area contributed by atoms with Gasteiger partial charge in [0, 0.05) is 0 Å². The highest BCUT2D eigenvalue weighted by Crippen LogP contribution is 2.67. The lowest BCUT2D eigenvalue weighted by atomic mass is 9.71. The molecule has 4 saturated carbocycles. The van der Waals surface area contributed by atoms with Gasteiger partial charge >= 0.3 is 0 Å². The lowest BCUT2D eigenvalue weighted by Crippen LogP contribution is -2.27. The van der Waals surface area contributed by atoms with Gasteiger partial charge in [0.15, 0.2) is 0 Å². The average Bonchev–Trinajstić information content (AvgIpc) is 2.83. The molecule has 0 aliphatic heterocycles. The Labute approximate surface area is 74.7 Å². The van der Waals surface area contributed by atoms with E-state index < -0.39 is 0 Å². The molecule has 4 fully saturated rings. The van der Waals surface area contributed by atoms with E-state index in [1.54, 1.807) is 38.5 Å². The first kappa shape index (κ1) is 6.45. The summed E-state index contributed by atoms with van der Waals surface area (Å²) in [7, 11) is 0. The number of hydrogen-bond acceptors (Lipinski definition) is 0. The predicted octanol–water partition coefficient (Wildman–Crippen LogP) is 3.08. The first-order valence-electron chi connectivity index (χ1n) is 5.93. The van der Waals surface area contributed by atoms with Crippen molar-refractivity contribution in [3.8, 4) is 0 Å². The van der Waals surface area contributed by atoms with E-state index in [1.165, 1.54) is 35.5 Å². The number of fused-ring (bicyclic) bond motifs is 9. The summed E-state index contributed by atoms with van der Waals surface area (Å²) in [5.74, 6) is 7.29. The van der Waals surface area contributed by atoms with Crippen molar-refractivity contribution in [3.63, 3.8) is 0 Å². The van der Waals surface area contributed by atoms with Gasteiger partial charge in [-0.2, -0.15) is 0 Å². The fourth-order valence-corrected chi connectivity index (χ4v) is 5.53. The summed E-state index contributed by atoms with van der Waals surface area (Å²) in [5, 5.41) is 0. The predicted molar refractivity (Wildman–Crippen MR) is 48.6 cm³/mol. The molecule has 0 aromatic heterocycles. The van der Waals surface area contributed by atoms with Crippen molar-refractivity contribution in [1.82, 2.24) is 0 Å². The van der Waals surface area contributed by atoms with Crippen LogP contribution in [0, 0.1) is 35.5 Å². The highest BCUT2D eigenvalue weighted by atomic mass is 14.6. The van der Waals surface area contributed by atoms with Gasteiger partial charge in [0.05, 0.1) is 0 Å². The molecule has 4 aliphatic rings. The minimum absolute atomic E-state index is 1.20. The molecule has 0 heterocycles. The third-order valence-electron chi connectivity index (χ3n) is 5.65. The third kappa shape index (κ3) is 0.561. The van der Waals surface area contributed by atoms with Gasteiger partial charge in [0.25, 0.3) is 0 Å². The zero-order valence-corrected chi connectivity index (χ0v) is 7.71. The van der Waals surface area contributed by atoms with Crippen LogP contribution in [0.2, 0.25) is 0 Å². The van der Waals surface area contributed by atoms with Crippen molar-refractivity contribution < 1.29 is 0 Å². The van der Waals surface area contributed by atoms with Gasteiger partial charge in [-0.05, 0) is 74.0 Å². The normalized spacial score (nSPS) is 66.0. The van der Waals surface area contributed by atoms with Crippen LogP contribution in [0.4, 0.5) is 0 Å². The summed E-state index contributed by atoms with van der Waals surface area (Å²) in [6.07, 6.45) is 9.71. The summed E-state index contributed by atoms with van der Waals surface area (Å²) in [6.45, 7) is 0. The summed E-state index contributed by atoms with van der Waals surface area (Å²) < 4.78 is 0. The zero-order valence-electron chi connectivity index (χ0n) is 7.71. The second-order valence-corrected chi connectivity index (χ2v) is 5.82. The maximum absolute atomic E-state index is 1.64. The van der Waals surface area contributed by atoms with Crippen LogP contribution >= 0.6 is 0 Å². The molecule has 0 heteroatoms. The molecule has 0 amide bonds. The summed E-state index contributed by atoms with van der Waals surface area (Å²) >= 11 is 0. The molecular formula is C12H18. The van der Waals surface area contributed by atoms with Gasteiger partial charge in [-0.3, -0.25) is 0 Å². The van der Waals surface area contributed by atoms with Crippen LogP contribution in [0.15, 0.2) is 0 Å². The smallest absolute Gasteiger partial charge is 0.0323 e. The van der Waals surface area contributed by atoms with E-state index in [0.717, 1.165) is 0 Å². The van der Waals surface area contributed by atoms with E-state index in [-0.39, 0.29) is 0 Å². The standard InChI is InChI=1S/C12H18/c1-2-8-5-7(1)11-9-3-4-10(6-9)12(8)11/h7-12H,1-6H2/t7-,8-,9-,10-,11?,12?/m1/s1. The van der Waals surface area contributed by atoms with Crippen LogP contribution in [0.3, 0.4) is 0 Å². The lowest BCUT2D eigenvalue weighted by molar-refractivity contribution is 0.146. The molecule has 0 aromatic carbocycles. The Morgan fingerprint density at radius 3 is 1.17 bits per heavy atom. The molecule has 0 N–H and O–H groups in total. The molecule has 12 heavy (non-hydrogen) atoms. The Balaban J connectivity index is 1.77. The fourth-order valence-electron chi connectivity index (χ4n) is 5.53. The van der Waals surface area contributed by atoms with Crippen LogP contribution in [0.1, 0.15) is 38.5 Å². The minimum Gasteiger partial charge on any atom is -0.0499 e. The molecule has 4 rings (SSSR count). The molecule has 0 aromatic rings. The Morgan fingerprint density at radius 2 is 0.833 bits per heavy atom. The van der Waals surface area contributed by atoms with Crippen LogP contribution in [-0.2, 0) is 0 Å². The van der Waals surface area contributed by atoms with Crippen molar-refractivity contribution in [3.05, 3.63) is 0 Å². The monoisotopic (exact) mass is 162 g/mol. The van der Waals surface area contributed by atoms with E-state index in [2.05, 4.69) is 0 Å². The average molecular weight is 162 g/mol. The van der Waals surface area contributed by atoms with Gasteiger partial charge < -0.3 is 0 Å². The van der Waals surface area contributed by atoms with E-state index >= 15 is 0 Å². The molecule has 66 valence electrons. The number of rotatable bonds is 0. The molecule has 0 spiro atoms. The second kappa shape index (κ2) is 1.91. The van der Waals surface area contributed by atoms with Crippen LogP contribution in [-0.4, -0.2) is 0 Å². The van der Waals surface area contributed by atoms with Crippen molar-refractivity contribution >= 4 is 0 Å². The van der Waals surface area contributed by atoms with E-state index in [4.69, 9.17) is 0 Å². The van der Waals surface area contributed by atoms with E-state index in [9.17, 15) is 0 Å². The van der Waals surface area contributed by atoms with E-state index in [0.29, 0.717) is 0 Å². The highest BCUT2D eigenvalue weighted by Gasteiger charge is 2.59. The van der Waals surface area contributed by atoms with Gasteiger partial charge in [0.2, 0.25) is 0 Å². The Morgan fingerprint density at radius 1 is 0.500 bits per heavy atom. The lowest BCUT2D eigenvalue weighted by Gasteiger charge is -2.34. The SMILES string of the molecule is C1C[C@@H]2C[C@@H]1C1C2[C@@H]2CC[C@@H]1C2. The molecule has 0 unspecified atom stereocenters. The van der Waals surface area contributed by atoms with Crippen molar-refractivity contribution in [1.29, 1.82) is 0 Å². The van der Waals surface area contributed by atoms with Crippen molar-refractivity contribution in [2.24, 2.45) is 35.5 Å². The quantitative estimate of drug-likeness (QED) is 0.480. The maximum Gasteiger partial charge on any atom is -0.0323 e. The van der Waals surface area contributed by atoms with Crippen LogP contribution < -0.4 is 0 Å². The summed E-state index contributed by atoms with van der Waals surface area (Å²) in [4.78, 5) is 0. The Kier molecular flexibility index (Phi) is 1.03. The van der Waals surface area contributed by atoms with Gasteiger partial charge in [-0.25, -0.2) is 0 Å². The molecule has 0 saturated heterocycles. The Hall–Kier alpha value is 0. The fraction of sp³-hybridized carbons (Fsp3) is 1.00. The van der Waals surface area contributed by atoms with Crippen molar-refractivity contribution in [2.45, 2.75) is 38.5 Å². The van der Waals surface area contributed by atoms with Crippen molar-refractivity contribution in [2.75, 3.05) is 0 Å². The zero-order chi connectivity index (χ0) is 7.71. The first-order chi connectivity index (χ1) is 5.93. The molecule has 0 nitrogen and oxygen atoms in total. The molecular weight excluding hydrogens is 144 g/mol.